The van der Waals surface area contributed by atoms with Crippen LogP contribution >= 0.6 is 0 Å². The quantitative estimate of drug-likeness (QED) is 0.138. The van der Waals surface area contributed by atoms with Gasteiger partial charge >= 0.3 is 0 Å². The first kappa shape index (κ1) is 27.8. The highest BCUT2D eigenvalue weighted by molar-refractivity contribution is 5.88. The zero-order chi connectivity index (χ0) is 25.6. The van der Waals surface area contributed by atoms with Gasteiger partial charge in [-0.25, -0.2) is 4.39 Å². The van der Waals surface area contributed by atoms with Crippen LogP contribution in [0.15, 0.2) is 36.5 Å². The Kier molecular flexibility index (Phi) is 11.9. The summed E-state index contributed by atoms with van der Waals surface area (Å²) in [5.74, 6) is -0.712. The SMILES string of the molecule is CCCCCCCCOc1ccc(-c2ccc3cc(OCCCCCCCC)nc(F)c3c2F)nc1. The van der Waals surface area contributed by atoms with Crippen molar-refractivity contribution in [2.24, 2.45) is 0 Å². The van der Waals surface area contributed by atoms with Crippen LogP contribution in [-0.4, -0.2) is 23.2 Å². The lowest BCUT2D eigenvalue weighted by atomic mass is 10.0. The molecule has 0 unspecified atom stereocenters. The Morgan fingerprint density at radius 2 is 1.36 bits per heavy atom. The van der Waals surface area contributed by atoms with Crippen molar-refractivity contribution in [3.63, 3.8) is 0 Å². The third-order valence-corrected chi connectivity index (χ3v) is 6.39. The van der Waals surface area contributed by atoms with Crippen molar-refractivity contribution in [1.29, 1.82) is 0 Å². The molecule has 0 fully saturated rings. The highest BCUT2D eigenvalue weighted by atomic mass is 19.1. The normalized spacial score (nSPS) is 11.2. The molecule has 0 N–H and O–H groups in total. The van der Waals surface area contributed by atoms with Gasteiger partial charge in [0.2, 0.25) is 11.8 Å². The molecule has 2 aromatic heterocycles. The monoisotopic (exact) mass is 498 g/mol. The maximum Gasteiger partial charge on any atom is 0.227 e. The fraction of sp³-hybridized carbons (Fsp3) is 0.533. The lowest BCUT2D eigenvalue weighted by molar-refractivity contribution is 0.290. The molecule has 6 heteroatoms. The van der Waals surface area contributed by atoms with E-state index in [0.29, 0.717) is 30.0 Å². The Balaban J connectivity index is 1.57. The molecular weight excluding hydrogens is 458 g/mol. The number of pyridine rings is 2. The zero-order valence-electron chi connectivity index (χ0n) is 21.8. The molecule has 4 nitrogen and oxygen atoms in total. The molecule has 0 amide bonds. The maximum absolute atomic E-state index is 15.3. The van der Waals surface area contributed by atoms with Crippen molar-refractivity contribution in [3.05, 3.63) is 48.3 Å². The summed E-state index contributed by atoms with van der Waals surface area (Å²) in [4.78, 5) is 8.20. The van der Waals surface area contributed by atoms with E-state index < -0.39 is 11.8 Å². The van der Waals surface area contributed by atoms with E-state index in [9.17, 15) is 4.39 Å². The van der Waals surface area contributed by atoms with E-state index in [1.54, 1.807) is 36.5 Å². The van der Waals surface area contributed by atoms with Crippen molar-refractivity contribution >= 4 is 10.8 Å². The zero-order valence-corrected chi connectivity index (χ0v) is 21.8. The van der Waals surface area contributed by atoms with Crippen LogP contribution in [0, 0.1) is 11.8 Å². The molecular formula is C30H40F2N2O2. The summed E-state index contributed by atoms with van der Waals surface area (Å²) in [6.07, 6.45) is 15.6. The number of fused-ring (bicyclic) bond motifs is 1. The summed E-state index contributed by atoms with van der Waals surface area (Å²) < 4.78 is 41.5. The number of ether oxygens (including phenoxy) is 2. The molecule has 2 heterocycles. The molecule has 0 saturated heterocycles. The molecule has 0 spiro atoms. The van der Waals surface area contributed by atoms with Gasteiger partial charge in [-0.1, -0.05) is 84.1 Å². The summed E-state index contributed by atoms with van der Waals surface area (Å²) in [6.45, 7) is 5.51. The first-order valence-electron chi connectivity index (χ1n) is 13.6. The van der Waals surface area contributed by atoms with E-state index in [2.05, 4.69) is 23.8 Å². The third kappa shape index (κ3) is 8.42. The van der Waals surface area contributed by atoms with Gasteiger partial charge in [-0.3, -0.25) is 4.98 Å². The highest BCUT2D eigenvalue weighted by Gasteiger charge is 2.16. The standard InChI is InChI=1S/C30H40F2N2O2/c1-3-5-7-9-11-13-19-35-24-16-18-26(33-22-24)25-17-15-23-21-27(34-30(32)28(23)29(25)31)36-20-14-12-10-8-6-4-2/h15-18,21-22H,3-14,19-20H2,1-2H3. The Hall–Kier alpha value is -2.76. The molecule has 0 aliphatic carbocycles. The lowest BCUT2D eigenvalue weighted by Crippen LogP contribution is -2.02. The van der Waals surface area contributed by atoms with Gasteiger partial charge < -0.3 is 9.47 Å². The maximum atomic E-state index is 15.3. The minimum Gasteiger partial charge on any atom is -0.492 e. The second-order valence-electron chi connectivity index (χ2n) is 9.39. The first-order chi connectivity index (χ1) is 17.6. The molecule has 1 aromatic carbocycles. The number of aromatic nitrogens is 2. The molecule has 0 saturated carbocycles. The van der Waals surface area contributed by atoms with Crippen LogP contribution in [0.2, 0.25) is 0 Å². The van der Waals surface area contributed by atoms with Crippen LogP contribution in [0.25, 0.3) is 22.0 Å². The summed E-state index contributed by atoms with van der Waals surface area (Å²) in [7, 11) is 0. The van der Waals surface area contributed by atoms with Gasteiger partial charge in [-0.2, -0.15) is 9.37 Å². The molecule has 3 aromatic rings. The summed E-state index contributed by atoms with van der Waals surface area (Å²) in [5, 5.41) is 0.269. The molecule has 196 valence electrons. The van der Waals surface area contributed by atoms with Crippen LogP contribution in [0.4, 0.5) is 8.78 Å². The minimum atomic E-state index is -0.872. The average Bonchev–Trinajstić information content (AvgIpc) is 2.88. The molecule has 0 atom stereocenters. The van der Waals surface area contributed by atoms with Crippen LogP contribution in [-0.2, 0) is 0 Å². The van der Waals surface area contributed by atoms with Crippen molar-refractivity contribution in [2.45, 2.75) is 90.9 Å². The number of nitrogens with zero attached hydrogens (tertiary/aromatic N) is 2. The number of hydrogen-bond acceptors (Lipinski definition) is 4. The van der Waals surface area contributed by atoms with Gasteiger partial charge in [0.15, 0.2) is 0 Å². The van der Waals surface area contributed by atoms with Crippen LogP contribution in [0.1, 0.15) is 90.9 Å². The molecule has 36 heavy (non-hydrogen) atoms. The smallest absolute Gasteiger partial charge is 0.227 e. The Morgan fingerprint density at radius 1 is 0.722 bits per heavy atom. The second kappa shape index (κ2) is 15.4. The van der Waals surface area contributed by atoms with Gasteiger partial charge in [0.05, 0.1) is 30.5 Å². The van der Waals surface area contributed by atoms with Gasteiger partial charge in [-0.15, -0.1) is 0 Å². The summed E-state index contributed by atoms with van der Waals surface area (Å²) in [5.41, 5.74) is 0.649. The lowest BCUT2D eigenvalue weighted by Gasteiger charge is -2.11. The summed E-state index contributed by atoms with van der Waals surface area (Å²) >= 11 is 0. The second-order valence-corrected chi connectivity index (χ2v) is 9.39. The van der Waals surface area contributed by atoms with E-state index >= 15 is 4.39 Å². The number of hydrogen-bond donors (Lipinski definition) is 0. The van der Waals surface area contributed by atoms with Crippen molar-refractivity contribution in [3.8, 4) is 22.9 Å². The minimum absolute atomic E-state index is 0.149. The predicted molar refractivity (Wildman–Crippen MR) is 143 cm³/mol. The topological polar surface area (TPSA) is 44.2 Å². The molecule has 3 rings (SSSR count). The highest BCUT2D eigenvalue weighted by Crippen LogP contribution is 2.31. The average molecular weight is 499 g/mol. The fourth-order valence-corrected chi connectivity index (χ4v) is 4.27. The number of unbranched alkanes of at least 4 members (excludes halogenated alkanes) is 10. The van der Waals surface area contributed by atoms with Crippen LogP contribution < -0.4 is 9.47 Å². The van der Waals surface area contributed by atoms with Gasteiger partial charge in [0.25, 0.3) is 0 Å². The van der Waals surface area contributed by atoms with Gasteiger partial charge in [0.1, 0.15) is 11.6 Å². The summed E-state index contributed by atoms with van der Waals surface area (Å²) in [6, 6.07) is 8.37. The molecule has 0 aliphatic rings. The van der Waals surface area contributed by atoms with Gasteiger partial charge in [-0.05, 0) is 36.4 Å². The Morgan fingerprint density at radius 3 is 2.00 bits per heavy atom. The van der Waals surface area contributed by atoms with E-state index in [1.807, 2.05) is 0 Å². The third-order valence-electron chi connectivity index (χ3n) is 6.39. The number of benzene rings is 1. The van der Waals surface area contributed by atoms with E-state index in [0.717, 1.165) is 25.7 Å². The number of halogens is 2. The predicted octanol–water partition coefficient (Wildman–Crippen LogP) is 9.05. The van der Waals surface area contributed by atoms with Gasteiger partial charge in [0, 0.05) is 11.6 Å². The van der Waals surface area contributed by atoms with Crippen molar-refractivity contribution < 1.29 is 18.3 Å². The molecule has 0 aliphatic heterocycles. The van der Waals surface area contributed by atoms with E-state index in [4.69, 9.17) is 9.47 Å². The van der Waals surface area contributed by atoms with Crippen molar-refractivity contribution in [2.75, 3.05) is 13.2 Å². The largest absolute Gasteiger partial charge is 0.492 e. The molecule has 0 bridgehead atoms. The number of rotatable bonds is 17. The van der Waals surface area contributed by atoms with Crippen LogP contribution in [0.3, 0.4) is 0 Å². The van der Waals surface area contributed by atoms with Crippen LogP contribution in [0.5, 0.6) is 11.6 Å². The van der Waals surface area contributed by atoms with Crippen molar-refractivity contribution in [1.82, 2.24) is 9.97 Å². The molecule has 0 radical (unpaired) electrons. The Labute approximate surface area is 214 Å². The van der Waals surface area contributed by atoms with E-state index in [1.165, 1.54) is 51.4 Å². The fourth-order valence-electron chi connectivity index (χ4n) is 4.27. The first-order valence-corrected chi connectivity index (χ1v) is 13.6. The van der Waals surface area contributed by atoms with E-state index in [-0.39, 0.29) is 16.8 Å². The Bertz CT molecular complexity index is 1060.